The van der Waals surface area contributed by atoms with E-state index in [0.717, 1.165) is 25.9 Å². The molecule has 1 saturated heterocycles. The van der Waals surface area contributed by atoms with Crippen LogP contribution in [0.25, 0.3) is 0 Å². The smallest absolute Gasteiger partial charge is 0.410 e. The van der Waals surface area contributed by atoms with Crippen LogP contribution >= 0.6 is 11.6 Å². The van der Waals surface area contributed by atoms with Crippen molar-refractivity contribution < 1.29 is 9.53 Å². The number of rotatable bonds is 1. The zero-order valence-electron chi connectivity index (χ0n) is 12.2. The van der Waals surface area contributed by atoms with Gasteiger partial charge in [-0.15, -0.1) is 0 Å². The number of amides is 1. The van der Waals surface area contributed by atoms with Crippen LogP contribution in [0.2, 0.25) is 5.15 Å². The summed E-state index contributed by atoms with van der Waals surface area (Å²) in [7, 11) is 0. The number of pyridine rings is 1. The summed E-state index contributed by atoms with van der Waals surface area (Å²) < 4.78 is 5.39. The van der Waals surface area contributed by atoms with Crippen LogP contribution in [0.15, 0.2) is 18.3 Å². The van der Waals surface area contributed by atoms with Gasteiger partial charge in [0, 0.05) is 19.3 Å². The lowest BCUT2D eigenvalue weighted by Crippen LogP contribution is -2.41. The largest absolute Gasteiger partial charge is 0.444 e. The number of ether oxygens (including phenoxy) is 1. The van der Waals surface area contributed by atoms with Crippen molar-refractivity contribution in [2.45, 2.75) is 45.1 Å². The fourth-order valence-corrected chi connectivity index (χ4v) is 2.58. The summed E-state index contributed by atoms with van der Waals surface area (Å²) in [6.07, 6.45) is 3.38. The number of nitrogens with zero attached hydrogens (tertiary/aromatic N) is 2. The summed E-state index contributed by atoms with van der Waals surface area (Å²) in [4.78, 5) is 17.8. The second-order valence-corrected chi connectivity index (χ2v) is 6.54. The predicted octanol–water partition coefficient (Wildman–Crippen LogP) is 3.85. The van der Waals surface area contributed by atoms with Crippen LogP contribution < -0.4 is 0 Å². The lowest BCUT2D eigenvalue weighted by molar-refractivity contribution is 0.0205. The molecule has 0 aromatic carbocycles. The maximum Gasteiger partial charge on any atom is 0.410 e. The Balaban J connectivity index is 1.91. The van der Waals surface area contributed by atoms with Gasteiger partial charge in [-0.3, -0.25) is 0 Å². The lowest BCUT2D eigenvalue weighted by Gasteiger charge is -2.33. The summed E-state index contributed by atoms with van der Waals surface area (Å²) in [5, 5.41) is 0.525. The van der Waals surface area contributed by atoms with Crippen LogP contribution in [0.5, 0.6) is 0 Å². The fraction of sp³-hybridized carbons (Fsp3) is 0.600. The van der Waals surface area contributed by atoms with Gasteiger partial charge in [-0.05, 0) is 57.2 Å². The third-order valence-electron chi connectivity index (χ3n) is 3.37. The lowest BCUT2D eigenvalue weighted by atomic mass is 9.90. The van der Waals surface area contributed by atoms with E-state index in [0.29, 0.717) is 11.1 Å². The zero-order valence-corrected chi connectivity index (χ0v) is 13.0. The molecule has 0 aliphatic carbocycles. The Bertz CT molecular complexity index is 477. The minimum atomic E-state index is -0.438. The van der Waals surface area contributed by atoms with Crippen molar-refractivity contribution in [1.29, 1.82) is 0 Å². The Morgan fingerprint density at radius 3 is 2.60 bits per heavy atom. The van der Waals surface area contributed by atoms with E-state index in [2.05, 4.69) is 4.98 Å². The van der Waals surface area contributed by atoms with Gasteiger partial charge in [0.25, 0.3) is 0 Å². The molecule has 1 aromatic rings. The first-order chi connectivity index (χ1) is 9.35. The van der Waals surface area contributed by atoms with Crippen LogP contribution in [-0.2, 0) is 4.74 Å². The minimum absolute atomic E-state index is 0.219. The van der Waals surface area contributed by atoms with Gasteiger partial charge in [0.05, 0.1) is 0 Å². The van der Waals surface area contributed by atoms with Crippen molar-refractivity contribution in [2.24, 2.45) is 0 Å². The van der Waals surface area contributed by atoms with Crippen molar-refractivity contribution in [2.75, 3.05) is 13.1 Å². The normalized spacial score (nSPS) is 17.1. The van der Waals surface area contributed by atoms with Gasteiger partial charge in [-0.1, -0.05) is 11.6 Å². The SMILES string of the molecule is CC(C)(C)OC(=O)N1CCC(c2ccnc(Cl)c2)CC1. The number of hydrogen-bond donors (Lipinski definition) is 0. The molecule has 20 heavy (non-hydrogen) atoms. The standard InChI is InChI=1S/C15H21ClN2O2/c1-15(2,3)20-14(19)18-8-5-11(6-9-18)12-4-7-17-13(16)10-12/h4,7,10-11H,5-6,8-9H2,1-3H3. The maximum absolute atomic E-state index is 12.0. The van der Waals surface area contributed by atoms with E-state index >= 15 is 0 Å². The maximum atomic E-state index is 12.0. The minimum Gasteiger partial charge on any atom is -0.444 e. The highest BCUT2D eigenvalue weighted by Gasteiger charge is 2.27. The highest BCUT2D eigenvalue weighted by atomic mass is 35.5. The quantitative estimate of drug-likeness (QED) is 0.739. The van der Waals surface area contributed by atoms with Crippen molar-refractivity contribution in [3.8, 4) is 0 Å². The molecule has 0 radical (unpaired) electrons. The Hall–Kier alpha value is -1.29. The molecule has 1 aliphatic rings. The molecule has 0 unspecified atom stereocenters. The van der Waals surface area contributed by atoms with E-state index < -0.39 is 5.60 Å². The highest BCUT2D eigenvalue weighted by molar-refractivity contribution is 6.29. The summed E-state index contributed by atoms with van der Waals surface area (Å²) >= 11 is 5.92. The summed E-state index contributed by atoms with van der Waals surface area (Å²) in [5.41, 5.74) is 0.765. The molecule has 0 saturated carbocycles. The Labute approximate surface area is 125 Å². The van der Waals surface area contributed by atoms with Gasteiger partial charge >= 0.3 is 6.09 Å². The molecule has 0 N–H and O–H groups in total. The number of aromatic nitrogens is 1. The van der Waals surface area contributed by atoms with Crippen molar-refractivity contribution in [3.63, 3.8) is 0 Å². The van der Waals surface area contributed by atoms with E-state index in [9.17, 15) is 4.79 Å². The highest BCUT2D eigenvalue weighted by Crippen LogP contribution is 2.29. The van der Waals surface area contributed by atoms with E-state index in [1.807, 2.05) is 32.9 Å². The van der Waals surface area contributed by atoms with E-state index in [-0.39, 0.29) is 6.09 Å². The molecular weight excluding hydrogens is 276 g/mol. The van der Waals surface area contributed by atoms with Gasteiger partial charge in [-0.2, -0.15) is 0 Å². The first-order valence-electron chi connectivity index (χ1n) is 6.94. The van der Waals surface area contributed by atoms with E-state index in [1.54, 1.807) is 11.1 Å². The third kappa shape index (κ3) is 4.10. The first kappa shape index (κ1) is 15.1. The second kappa shape index (κ2) is 6.00. The molecule has 0 bridgehead atoms. The number of carbonyl (C=O) groups is 1. The summed E-state index contributed by atoms with van der Waals surface area (Å²) in [6.45, 7) is 7.10. The fourth-order valence-electron chi connectivity index (χ4n) is 2.39. The molecule has 0 spiro atoms. The Morgan fingerprint density at radius 1 is 1.40 bits per heavy atom. The molecule has 2 rings (SSSR count). The average Bonchev–Trinajstić information content (AvgIpc) is 2.37. The van der Waals surface area contributed by atoms with Crippen LogP contribution in [0.3, 0.4) is 0 Å². The van der Waals surface area contributed by atoms with Gasteiger partial charge < -0.3 is 9.64 Å². The molecule has 2 heterocycles. The molecule has 4 nitrogen and oxygen atoms in total. The second-order valence-electron chi connectivity index (χ2n) is 6.15. The zero-order chi connectivity index (χ0) is 14.8. The van der Waals surface area contributed by atoms with Crippen LogP contribution in [0.1, 0.15) is 45.1 Å². The van der Waals surface area contributed by atoms with E-state index in [4.69, 9.17) is 16.3 Å². The van der Waals surface area contributed by atoms with Gasteiger partial charge in [-0.25, -0.2) is 9.78 Å². The van der Waals surface area contributed by atoms with Gasteiger partial charge in [0.15, 0.2) is 0 Å². The molecule has 110 valence electrons. The van der Waals surface area contributed by atoms with Gasteiger partial charge in [0.2, 0.25) is 0 Å². The van der Waals surface area contributed by atoms with Crippen molar-refractivity contribution in [1.82, 2.24) is 9.88 Å². The van der Waals surface area contributed by atoms with Crippen LogP contribution in [0, 0.1) is 0 Å². The third-order valence-corrected chi connectivity index (χ3v) is 3.58. The van der Waals surface area contributed by atoms with Crippen LogP contribution in [-0.4, -0.2) is 34.7 Å². The molecule has 5 heteroatoms. The van der Waals surface area contributed by atoms with Crippen molar-refractivity contribution in [3.05, 3.63) is 29.0 Å². The number of piperidine rings is 1. The topological polar surface area (TPSA) is 42.4 Å². The molecule has 1 amide bonds. The van der Waals surface area contributed by atoms with Gasteiger partial charge in [0.1, 0.15) is 10.8 Å². The number of hydrogen-bond acceptors (Lipinski definition) is 3. The average molecular weight is 297 g/mol. The molecule has 1 aliphatic heterocycles. The first-order valence-corrected chi connectivity index (χ1v) is 7.32. The number of halogens is 1. The number of carbonyl (C=O) groups excluding carboxylic acids is 1. The summed E-state index contributed by atoms with van der Waals surface area (Å²) in [5.74, 6) is 0.439. The Morgan fingerprint density at radius 2 is 2.05 bits per heavy atom. The molecule has 1 aromatic heterocycles. The van der Waals surface area contributed by atoms with Crippen LogP contribution in [0.4, 0.5) is 4.79 Å². The number of likely N-dealkylation sites (tertiary alicyclic amines) is 1. The predicted molar refractivity (Wildman–Crippen MR) is 79.0 cm³/mol. The van der Waals surface area contributed by atoms with E-state index in [1.165, 1.54) is 5.56 Å². The molecule has 1 fully saturated rings. The molecular formula is C15H21ClN2O2. The summed E-state index contributed by atoms with van der Waals surface area (Å²) in [6, 6.07) is 3.91. The Kier molecular flexibility index (Phi) is 4.53. The monoisotopic (exact) mass is 296 g/mol. The van der Waals surface area contributed by atoms with Crippen molar-refractivity contribution >= 4 is 17.7 Å². The molecule has 0 atom stereocenters.